The molecule has 1 aromatic rings. The van der Waals surface area contributed by atoms with Crippen molar-refractivity contribution in [3.05, 3.63) is 22.4 Å². The second kappa shape index (κ2) is 9.85. The summed E-state index contributed by atoms with van der Waals surface area (Å²) in [5.74, 6) is 1.57. The summed E-state index contributed by atoms with van der Waals surface area (Å²) in [6, 6.07) is 4.29. The van der Waals surface area contributed by atoms with Crippen LogP contribution in [0.3, 0.4) is 0 Å². The fraction of sp³-hybridized carbons (Fsp3) is 0.706. The van der Waals surface area contributed by atoms with E-state index in [1.165, 1.54) is 43.8 Å². The maximum atomic E-state index is 4.31. The van der Waals surface area contributed by atoms with Gasteiger partial charge in [0.1, 0.15) is 0 Å². The molecule has 0 bridgehead atoms. The summed E-state index contributed by atoms with van der Waals surface area (Å²) in [5, 5.41) is 8.98. The number of rotatable bonds is 7. The van der Waals surface area contributed by atoms with Crippen LogP contribution in [0.15, 0.2) is 22.5 Å². The van der Waals surface area contributed by atoms with Gasteiger partial charge in [-0.25, -0.2) is 0 Å². The Labute approximate surface area is 139 Å². The van der Waals surface area contributed by atoms with Gasteiger partial charge in [0.25, 0.3) is 0 Å². The van der Waals surface area contributed by atoms with Gasteiger partial charge in [0, 0.05) is 31.6 Å². The van der Waals surface area contributed by atoms with Gasteiger partial charge in [-0.15, -0.1) is 11.3 Å². The summed E-state index contributed by atoms with van der Waals surface area (Å²) in [6.07, 6.45) is 5.20. The van der Waals surface area contributed by atoms with E-state index in [1.54, 1.807) is 0 Å². The number of thiophene rings is 1. The van der Waals surface area contributed by atoms with Crippen molar-refractivity contribution in [3.63, 3.8) is 0 Å². The van der Waals surface area contributed by atoms with Gasteiger partial charge in [0.2, 0.25) is 0 Å². The average molecular weight is 323 g/mol. The molecular formula is C17H30N4S. The lowest BCUT2D eigenvalue weighted by molar-refractivity contribution is 0.201. The van der Waals surface area contributed by atoms with Crippen molar-refractivity contribution >= 4 is 17.3 Å². The molecule has 0 spiro atoms. The molecular weight excluding hydrogens is 292 g/mol. The topological polar surface area (TPSA) is 39.7 Å². The van der Waals surface area contributed by atoms with Gasteiger partial charge in [0.15, 0.2) is 5.96 Å². The molecule has 2 heterocycles. The Kier molecular flexibility index (Phi) is 7.74. The highest BCUT2D eigenvalue weighted by Crippen LogP contribution is 2.10. The zero-order chi connectivity index (χ0) is 15.6. The molecule has 1 saturated heterocycles. The van der Waals surface area contributed by atoms with Gasteiger partial charge in [-0.2, -0.15) is 0 Å². The standard InChI is InChI=1S/C17H30N4S/c1-15(14-21-10-4-3-5-11-21)13-20-17(18-2)19-9-8-16-7-6-12-22-16/h6-7,12,15H,3-5,8-11,13-14H2,1-2H3,(H2,18,19,20). The Hall–Kier alpha value is -1.07. The third kappa shape index (κ3) is 6.36. The van der Waals surface area contributed by atoms with Crippen LogP contribution in [0.2, 0.25) is 0 Å². The number of hydrogen-bond donors (Lipinski definition) is 2. The number of nitrogens with one attached hydrogen (secondary N) is 2. The minimum Gasteiger partial charge on any atom is -0.356 e. The quantitative estimate of drug-likeness (QED) is 0.599. The summed E-state index contributed by atoms with van der Waals surface area (Å²) in [7, 11) is 1.84. The van der Waals surface area contributed by atoms with Crippen molar-refractivity contribution in [3.8, 4) is 0 Å². The second-order valence-electron chi connectivity index (χ2n) is 6.18. The smallest absolute Gasteiger partial charge is 0.190 e. The number of piperidine rings is 1. The monoisotopic (exact) mass is 322 g/mol. The molecule has 2 rings (SSSR count). The largest absolute Gasteiger partial charge is 0.356 e. The molecule has 4 nitrogen and oxygen atoms in total. The van der Waals surface area contributed by atoms with Crippen molar-refractivity contribution in [1.29, 1.82) is 0 Å². The van der Waals surface area contributed by atoms with Crippen LogP contribution in [0.25, 0.3) is 0 Å². The Bertz CT molecular complexity index is 424. The van der Waals surface area contributed by atoms with Crippen LogP contribution < -0.4 is 10.6 Å². The highest BCUT2D eigenvalue weighted by atomic mass is 32.1. The normalized spacial score (nSPS) is 18.2. The van der Waals surface area contributed by atoms with Crippen LogP contribution in [0.4, 0.5) is 0 Å². The van der Waals surface area contributed by atoms with Crippen molar-refractivity contribution in [2.45, 2.75) is 32.6 Å². The Balaban J connectivity index is 1.60. The average Bonchev–Trinajstić information content (AvgIpc) is 3.05. The first-order valence-corrected chi connectivity index (χ1v) is 9.35. The third-order valence-electron chi connectivity index (χ3n) is 4.10. The predicted octanol–water partition coefficient (Wildman–Crippen LogP) is 2.58. The number of hydrogen-bond acceptors (Lipinski definition) is 3. The lowest BCUT2D eigenvalue weighted by atomic mass is 10.1. The first kappa shape index (κ1) is 17.3. The first-order chi connectivity index (χ1) is 10.8. The van der Waals surface area contributed by atoms with Crippen LogP contribution in [0, 0.1) is 5.92 Å². The molecule has 1 aliphatic rings. The van der Waals surface area contributed by atoms with Crippen LogP contribution in [-0.2, 0) is 6.42 Å². The summed E-state index contributed by atoms with van der Waals surface area (Å²) < 4.78 is 0. The molecule has 1 aromatic heterocycles. The van der Waals surface area contributed by atoms with Crippen LogP contribution in [0.5, 0.6) is 0 Å². The van der Waals surface area contributed by atoms with Crippen LogP contribution in [-0.4, -0.2) is 50.6 Å². The van der Waals surface area contributed by atoms with Crippen LogP contribution in [0.1, 0.15) is 31.1 Å². The van der Waals surface area contributed by atoms with E-state index in [-0.39, 0.29) is 0 Å². The minimum atomic E-state index is 0.647. The molecule has 1 atom stereocenters. The predicted molar refractivity (Wildman–Crippen MR) is 96.8 cm³/mol. The van der Waals surface area contributed by atoms with Crippen molar-refractivity contribution in [2.75, 3.05) is 39.8 Å². The molecule has 0 radical (unpaired) electrons. The second-order valence-corrected chi connectivity index (χ2v) is 7.21. The SMILES string of the molecule is CN=C(NCCc1cccs1)NCC(C)CN1CCCCC1. The maximum Gasteiger partial charge on any atom is 0.190 e. The van der Waals surface area contributed by atoms with E-state index in [4.69, 9.17) is 0 Å². The molecule has 2 N–H and O–H groups in total. The third-order valence-corrected chi connectivity index (χ3v) is 5.04. The van der Waals surface area contributed by atoms with E-state index in [2.05, 4.69) is 45.0 Å². The number of guanidine groups is 1. The van der Waals surface area contributed by atoms with E-state index in [0.717, 1.165) is 25.5 Å². The summed E-state index contributed by atoms with van der Waals surface area (Å²) >= 11 is 1.81. The Morgan fingerprint density at radius 2 is 2.14 bits per heavy atom. The van der Waals surface area contributed by atoms with Crippen LogP contribution >= 0.6 is 11.3 Å². The molecule has 124 valence electrons. The van der Waals surface area contributed by atoms with Gasteiger partial charge in [-0.05, 0) is 49.7 Å². The minimum absolute atomic E-state index is 0.647. The van der Waals surface area contributed by atoms with Crippen molar-refractivity contribution in [1.82, 2.24) is 15.5 Å². The zero-order valence-electron chi connectivity index (χ0n) is 14.0. The molecule has 0 saturated carbocycles. The molecule has 0 aliphatic carbocycles. The van der Waals surface area contributed by atoms with E-state index < -0.39 is 0 Å². The van der Waals surface area contributed by atoms with E-state index in [0.29, 0.717) is 5.92 Å². The number of nitrogens with zero attached hydrogens (tertiary/aromatic N) is 2. The first-order valence-electron chi connectivity index (χ1n) is 8.47. The molecule has 22 heavy (non-hydrogen) atoms. The summed E-state index contributed by atoms with van der Waals surface area (Å²) in [6.45, 7) is 7.98. The fourth-order valence-corrected chi connectivity index (χ4v) is 3.61. The van der Waals surface area contributed by atoms with E-state index in [9.17, 15) is 0 Å². The molecule has 5 heteroatoms. The maximum absolute atomic E-state index is 4.31. The molecule has 0 aromatic carbocycles. The van der Waals surface area contributed by atoms with Gasteiger partial charge in [-0.1, -0.05) is 19.4 Å². The molecule has 1 aliphatic heterocycles. The van der Waals surface area contributed by atoms with Crippen molar-refractivity contribution in [2.24, 2.45) is 10.9 Å². The van der Waals surface area contributed by atoms with Gasteiger partial charge in [-0.3, -0.25) is 4.99 Å². The number of aliphatic imine (C=N–C) groups is 1. The lowest BCUT2D eigenvalue weighted by Gasteiger charge is -2.29. The highest BCUT2D eigenvalue weighted by Gasteiger charge is 2.13. The van der Waals surface area contributed by atoms with Crippen molar-refractivity contribution < 1.29 is 0 Å². The van der Waals surface area contributed by atoms with E-state index >= 15 is 0 Å². The van der Waals surface area contributed by atoms with Gasteiger partial charge < -0.3 is 15.5 Å². The van der Waals surface area contributed by atoms with E-state index in [1.807, 2.05) is 18.4 Å². The Morgan fingerprint density at radius 3 is 2.82 bits per heavy atom. The zero-order valence-corrected chi connectivity index (χ0v) is 14.8. The Morgan fingerprint density at radius 1 is 1.32 bits per heavy atom. The van der Waals surface area contributed by atoms with Gasteiger partial charge in [0.05, 0.1) is 0 Å². The lowest BCUT2D eigenvalue weighted by Crippen LogP contribution is -2.42. The summed E-state index contributed by atoms with van der Waals surface area (Å²) in [4.78, 5) is 8.33. The molecule has 1 unspecified atom stereocenters. The fourth-order valence-electron chi connectivity index (χ4n) is 2.90. The van der Waals surface area contributed by atoms with Gasteiger partial charge >= 0.3 is 0 Å². The molecule has 1 fully saturated rings. The molecule has 0 amide bonds. The summed E-state index contributed by atoms with van der Waals surface area (Å²) in [5.41, 5.74) is 0. The highest BCUT2D eigenvalue weighted by molar-refractivity contribution is 7.09. The number of likely N-dealkylation sites (tertiary alicyclic amines) is 1.